The summed E-state index contributed by atoms with van der Waals surface area (Å²) < 4.78 is 4.39. The Morgan fingerprint density at radius 1 is 1.18 bits per heavy atom. The summed E-state index contributed by atoms with van der Waals surface area (Å²) in [6.07, 6.45) is 17.9. The van der Waals surface area contributed by atoms with E-state index in [1.54, 1.807) is 0 Å². The summed E-state index contributed by atoms with van der Waals surface area (Å²) in [4.78, 5) is 9.54. The summed E-state index contributed by atoms with van der Waals surface area (Å²) in [6, 6.07) is 5.11. The molecule has 150 valence electrons. The summed E-state index contributed by atoms with van der Waals surface area (Å²) in [6.45, 7) is 6.25. The van der Waals surface area contributed by atoms with Gasteiger partial charge >= 0.3 is 0 Å². The van der Waals surface area contributed by atoms with Gasteiger partial charge in [0, 0.05) is 60.1 Å². The summed E-state index contributed by atoms with van der Waals surface area (Å²) in [5.74, 6) is 0. The molecule has 3 aromatic rings. The fourth-order valence-electron chi connectivity index (χ4n) is 4.16. The average molecular weight is 398 g/mol. The molecule has 3 heterocycles. The van der Waals surface area contributed by atoms with Crippen molar-refractivity contribution in [2.45, 2.75) is 71.1 Å². The first-order chi connectivity index (χ1) is 13.8. The third-order valence-corrected chi connectivity index (χ3v) is 6.62. The molecule has 5 nitrogen and oxygen atoms in total. The SMILES string of the molecule is Cc1ccc(CN(CCCn2ccnc2)Cc2cnn(C3CCCCC3)c2)s1. The van der Waals surface area contributed by atoms with Crippen molar-refractivity contribution < 1.29 is 0 Å². The Labute approximate surface area is 172 Å². The van der Waals surface area contributed by atoms with E-state index < -0.39 is 0 Å². The minimum atomic E-state index is 0.608. The van der Waals surface area contributed by atoms with Crippen LogP contribution in [-0.2, 0) is 19.6 Å². The number of rotatable bonds is 9. The van der Waals surface area contributed by atoms with Crippen molar-refractivity contribution >= 4 is 11.3 Å². The van der Waals surface area contributed by atoms with Crippen LogP contribution >= 0.6 is 11.3 Å². The molecule has 3 aromatic heterocycles. The number of thiophene rings is 1. The van der Waals surface area contributed by atoms with Crippen molar-refractivity contribution in [2.24, 2.45) is 0 Å². The van der Waals surface area contributed by atoms with Gasteiger partial charge in [-0.2, -0.15) is 5.10 Å². The van der Waals surface area contributed by atoms with Crippen molar-refractivity contribution in [1.29, 1.82) is 0 Å². The van der Waals surface area contributed by atoms with Crippen molar-refractivity contribution in [2.75, 3.05) is 6.54 Å². The molecule has 4 rings (SSSR count). The number of aryl methyl sites for hydroxylation is 2. The van der Waals surface area contributed by atoms with Crippen LogP contribution in [0, 0.1) is 6.92 Å². The molecule has 1 saturated carbocycles. The molecule has 0 amide bonds. The third-order valence-electron chi connectivity index (χ3n) is 5.64. The molecule has 0 atom stereocenters. The zero-order valence-corrected chi connectivity index (χ0v) is 17.7. The lowest BCUT2D eigenvalue weighted by Crippen LogP contribution is -2.24. The Hall–Kier alpha value is -1.92. The highest BCUT2D eigenvalue weighted by molar-refractivity contribution is 7.11. The van der Waals surface area contributed by atoms with E-state index in [0.717, 1.165) is 32.6 Å². The standard InChI is InChI=1S/C22H31N5S/c1-19-8-9-22(28-19)17-26(12-5-11-25-13-10-23-18-25)15-20-14-24-27(16-20)21-6-3-2-4-7-21/h8-10,13-14,16,18,21H,2-7,11-12,15,17H2,1H3. The zero-order valence-electron chi connectivity index (χ0n) is 16.8. The molecule has 0 radical (unpaired) electrons. The van der Waals surface area contributed by atoms with E-state index >= 15 is 0 Å². The molecular weight excluding hydrogens is 366 g/mol. The van der Waals surface area contributed by atoms with Crippen molar-refractivity contribution in [1.82, 2.24) is 24.2 Å². The van der Waals surface area contributed by atoms with E-state index in [-0.39, 0.29) is 0 Å². The van der Waals surface area contributed by atoms with Crippen LogP contribution in [0.4, 0.5) is 0 Å². The van der Waals surface area contributed by atoms with Gasteiger partial charge in [-0.25, -0.2) is 4.98 Å². The van der Waals surface area contributed by atoms with Crippen LogP contribution in [0.2, 0.25) is 0 Å². The van der Waals surface area contributed by atoms with Crippen LogP contribution < -0.4 is 0 Å². The number of hydrogen-bond acceptors (Lipinski definition) is 4. The topological polar surface area (TPSA) is 38.9 Å². The van der Waals surface area contributed by atoms with E-state index in [0.29, 0.717) is 6.04 Å². The molecule has 0 N–H and O–H groups in total. The van der Waals surface area contributed by atoms with E-state index in [9.17, 15) is 0 Å². The van der Waals surface area contributed by atoms with Crippen molar-refractivity contribution in [3.8, 4) is 0 Å². The van der Waals surface area contributed by atoms with Gasteiger partial charge in [-0.1, -0.05) is 19.3 Å². The summed E-state index contributed by atoms with van der Waals surface area (Å²) in [5.41, 5.74) is 1.33. The minimum Gasteiger partial charge on any atom is -0.337 e. The molecule has 1 fully saturated rings. The molecule has 0 spiro atoms. The van der Waals surface area contributed by atoms with E-state index in [4.69, 9.17) is 5.10 Å². The first kappa shape index (κ1) is 19.4. The molecule has 6 heteroatoms. The predicted molar refractivity (Wildman–Crippen MR) is 114 cm³/mol. The molecule has 0 saturated heterocycles. The molecule has 0 aromatic carbocycles. The third kappa shape index (κ3) is 5.32. The summed E-state index contributed by atoms with van der Waals surface area (Å²) in [5, 5.41) is 4.71. The number of nitrogens with zero attached hydrogens (tertiary/aromatic N) is 5. The quantitative estimate of drug-likeness (QED) is 0.507. The first-order valence-electron chi connectivity index (χ1n) is 10.5. The molecular formula is C22H31N5S. The average Bonchev–Trinajstić information content (AvgIpc) is 3.45. The highest BCUT2D eigenvalue weighted by Crippen LogP contribution is 2.28. The lowest BCUT2D eigenvalue weighted by atomic mass is 9.96. The molecule has 0 bridgehead atoms. The van der Waals surface area contributed by atoms with Crippen LogP contribution in [0.25, 0.3) is 0 Å². The lowest BCUT2D eigenvalue weighted by molar-refractivity contribution is 0.250. The monoisotopic (exact) mass is 397 g/mol. The first-order valence-corrected chi connectivity index (χ1v) is 11.3. The van der Waals surface area contributed by atoms with Gasteiger partial charge in [0.25, 0.3) is 0 Å². The molecule has 1 aliphatic rings. The Morgan fingerprint density at radius 2 is 2.07 bits per heavy atom. The van der Waals surface area contributed by atoms with Gasteiger partial charge in [0.15, 0.2) is 0 Å². The largest absolute Gasteiger partial charge is 0.337 e. The van der Waals surface area contributed by atoms with Crippen LogP contribution in [-0.4, -0.2) is 30.8 Å². The Morgan fingerprint density at radius 3 is 2.82 bits per heavy atom. The fourth-order valence-corrected chi connectivity index (χ4v) is 5.10. The molecule has 1 aliphatic carbocycles. The minimum absolute atomic E-state index is 0.608. The maximum Gasteiger partial charge on any atom is 0.0945 e. The van der Waals surface area contributed by atoms with Crippen LogP contribution in [0.15, 0.2) is 43.2 Å². The van der Waals surface area contributed by atoms with Crippen LogP contribution in [0.3, 0.4) is 0 Å². The summed E-state index contributed by atoms with van der Waals surface area (Å²) in [7, 11) is 0. The van der Waals surface area contributed by atoms with Gasteiger partial charge in [0.2, 0.25) is 0 Å². The molecule has 28 heavy (non-hydrogen) atoms. The van der Waals surface area contributed by atoms with Crippen LogP contribution in [0.5, 0.6) is 0 Å². The maximum atomic E-state index is 4.71. The second kappa shape index (κ2) is 9.52. The second-order valence-corrected chi connectivity index (χ2v) is 9.37. The van der Waals surface area contributed by atoms with Crippen molar-refractivity contribution in [3.05, 3.63) is 58.6 Å². The Kier molecular flexibility index (Phi) is 6.60. The number of aromatic nitrogens is 4. The van der Waals surface area contributed by atoms with E-state index in [1.807, 2.05) is 30.1 Å². The normalized spacial score (nSPS) is 15.5. The zero-order chi connectivity index (χ0) is 19.2. The lowest BCUT2D eigenvalue weighted by Gasteiger charge is -2.22. The fraction of sp³-hybridized carbons (Fsp3) is 0.545. The highest BCUT2D eigenvalue weighted by atomic mass is 32.1. The number of imidazole rings is 1. The van der Waals surface area contributed by atoms with Crippen molar-refractivity contribution in [3.63, 3.8) is 0 Å². The molecule has 0 unspecified atom stereocenters. The van der Waals surface area contributed by atoms with Crippen LogP contribution in [0.1, 0.15) is 59.9 Å². The van der Waals surface area contributed by atoms with E-state index in [1.165, 1.54) is 47.4 Å². The Bertz CT molecular complexity index is 829. The van der Waals surface area contributed by atoms with Gasteiger partial charge in [-0.3, -0.25) is 9.58 Å². The summed E-state index contributed by atoms with van der Waals surface area (Å²) >= 11 is 1.91. The van der Waals surface area contributed by atoms with Gasteiger partial charge < -0.3 is 4.57 Å². The van der Waals surface area contributed by atoms with Gasteiger partial charge in [0.1, 0.15) is 0 Å². The predicted octanol–water partition coefficient (Wildman–Crippen LogP) is 5.05. The highest BCUT2D eigenvalue weighted by Gasteiger charge is 2.17. The van der Waals surface area contributed by atoms with Gasteiger partial charge in [-0.15, -0.1) is 11.3 Å². The smallest absolute Gasteiger partial charge is 0.0945 e. The van der Waals surface area contributed by atoms with E-state index in [2.05, 4.69) is 50.6 Å². The maximum absolute atomic E-state index is 4.71. The Balaban J connectivity index is 1.38. The molecule has 0 aliphatic heterocycles. The van der Waals surface area contributed by atoms with Gasteiger partial charge in [-0.05, 0) is 38.3 Å². The second-order valence-electron chi connectivity index (χ2n) is 8.00. The van der Waals surface area contributed by atoms with Gasteiger partial charge in [0.05, 0.1) is 18.6 Å². The number of hydrogen-bond donors (Lipinski definition) is 0.